The molecule has 1 saturated heterocycles. The van der Waals surface area contributed by atoms with Crippen molar-refractivity contribution in [3.8, 4) is 0 Å². The van der Waals surface area contributed by atoms with Crippen LogP contribution in [0.4, 0.5) is 0 Å². The number of rotatable bonds is 4. The molecule has 0 bridgehead atoms. The molecule has 1 amide bonds. The number of carbonyl (C=O) groups is 2. The van der Waals surface area contributed by atoms with Crippen LogP contribution in [0.25, 0.3) is 0 Å². The lowest BCUT2D eigenvalue weighted by Crippen LogP contribution is -2.41. The molecule has 2 atom stereocenters. The van der Waals surface area contributed by atoms with Gasteiger partial charge in [-0.05, 0) is 30.5 Å². The summed E-state index contributed by atoms with van der Waals surface area (Å²) in [7, 11) is 1.35. The van der Waals surface area contributed by atoms with Crippen LogP contribution in [-0.4, -0.2) is 29.9 Å². The number of esters is 1. The Morgan fingerprint density at radius 2 is 2.30 bits per heavy atom. The van der Waals surface area contributed by atoms with Gasteiger partial charge in [0.25, 0.3) is 0 Å². The molecule has 0 N–H and O–H groups in total. The maximum absolute atomic E-state index is 12.1. The average Bonchev–Trinajstić information content (AvgIpc) is 2.81. The van der Waals surface area contributed by atoms with E-state index in [4.69, 9.17) is 16.3 Å². The second-order valence-corrected chi connectivity index (χ2v) is 5.29. The van der Waals surface area contributed by atoms with Gasteiger partial charge in [0.2, 0.25) is 5.91 Å². The first-order valence-corrected chi connectivity index (χ1v) is 7.10. The minimum absolute atomic E-state index is 0.00720. The zero-order valence-electron chi connectivity index (χ0n) is 11.6. The van der Waals surface area contributed by atoms with Gasteiger partial charge in [0, 0.05) is 11.4 Å². The predicted molar refractivity (Wildman–Crippen MR) is 76.4 cm³/mol. The molecule has 20 heavy (non-hydrogen) atoms. The van der Waals surface area contributed by atoms with Gasteiger partial charge >= 0.3 is 5.97 Å². The summed E-state index contributed by atoms with van der Waals surface area (Å²) in [4.78, 5) is 25.6. The highest BCUT2D eigenvalue weighted by atomic mass is 35.5. The van der Waals surface area contributed by atoms with Crippen LogP contribution in [0.3, 0.4) is 0 Å². The number of hydrogen-bond acceptors (Lipinski definition) is 3. The minimum Gasteiger partial charge on any atom is -0.467 e. The molecule has 0 aliphatic carbocycles. The Morgan fingerprint density at radius 1 is 1.55 bits per heavy atom. The Kier molecular flexibility index (Phi) is 4.65. The van der Waals surface area contributed by atoms with Crippen LogP contribution in [0.15, 0.2) is 24.3 Å². The number of carbonyl (C=O) groups excluding carboxylic acids is 2. The summed E-state index contributed by atoms with van der Waals surface area (Å²) in [6.45, 7) is 1.99. The van der Waals surface area contributed by atoms with Crippen molar-refractivity contribution in [1.29, 1.82) is 0 Å². The van der Waals surface area contributed by atoms with Crippen LogP contribution < -0.4 is 0 Å². The molecule has 1 heterocycles. The number of ether oxygens (including phenoxy) is 1. The van der Waals surface area contributed by atoms with Crippen molar-refractivity contribution < 1.29 is 14.3 Å². The topological polar surface area (TPSA) is 46.6 Å². The quantitative estimate of drug-likeness (QED) is 0.802. The molecular weight excluding hydrogens is 278 g/mol. The van der Waals surface area contributed by atoms with Crippen LogP contribution in [0, 0.1) is 0 Å². The number of likely N-dealkylation sites (tertiary alicyclic amines) is 1. The molecule has 4 nitrogen and oxygen atoms in total. The lowest BCUT2D eigenvalue weighted by atomic mass is 10.0. The summed E-state index contributed by atoms with van der Waals surface area (Å²) in [5.41, 5.74) is 0.948. The van der Waals surface area contributed by atoms with E-state index in [2.05, 4.69) is 0 Å². The first kappa shape index (κ1) is 14.9. The zero-order valence-corrected chi connectivity index (χ0v) is 12.4. The molecule has 1 aromatic rings. The van der Waals surface area contributed by atoms with Crippen molar-refractivity contribution in [1.82, 2.24) is 4.90 Å². The summed E-state index contributed by atoms with van der Waals surface area (Å²) in [6, 6.07) is 6.79. The fraction of sp³-hybridized carbons (Fsp3) is 0.467. The van der Waals surface area contributed by atoms with Gasteiger partial charge in [-0.1, -0.05) is 30.7 Å². The van der Waals surface area contributed by atoms with E-state index in [1.54, 1.807) is 11.0 Å². The zero-order chi connectivity index (χ0) is 14.7. The highest BCUT2D eigenvalue weighted by molar-refractivity contribution is 6.30. The van der Waals surface area contributed by atoms with Crippen molar-refractivity contribution in [2.45, 2.75) is 38.3 Å². The van der Waals surface area contributed by atoms with Gasteiger partial charge < -0.3 is 9.64 Å². The molecule has 5 heteroatoms. The third kappa shape index (κ3) is 2.80. The van der Waals surface area contributed by atoms with E-state index in [1.807, 2.05) is 25.1 Å². The van der Waals surface area contributed by atoms with E-state index in [0.717, 1.165) is 12.0 Å². The van der Waals surface area contributed by atoms with Gasteiger partial charge in [0.15, 0.2) is 0 Å². The van der Waals surface area contributed by atoms with E-state index < -0.39 is 6.04 Å². The normalized spacial score (nSPS) is 20.1. The molecule has 108 valence electrons. The van der Waals surface area contributed by atoms with Crippen LogP contribution >= 0.6 is 11.6 Å². The maximum Gasteiger partial charge on any atom is 0.328 e. The fourth-order valence-electron chi connectivity index (χ4n) is 2.77. The largest absolute Gasteiger partial charge is 0.467 e. The molecule has 2 unspecified atom stereocenters. The lowest BCUT2D eigenvalue weighted by Gasteiger charge is -2.31. The van der Waals surface area contributed by atoms with Gasteiger partial charge in [0.1, 0.15) is 6.04 Å². The summed E-state index contributed by atoms with van der Waals surface area (Å²) >= 11 is 6.02. The third-order valence-electron chi connectivity index (χ3n) is 3.68. The number of halogens is 1. The summed E-state index contributed by atoms with van der Waals surface area (Å²) in [5, 5.41) is 0.627. The van der Waals surface area contributed by atoms with Crippen molar-refractivity contribution in [2.24, 2.45) is 0 Å². The number of methoxy groups -OCH3 is 1. The SMILES string of the molecule is CCC(c1cccc(Cl)c1)N1C(=O)CCC1C(=O)OC. The van der Waals surface area contributed by atoms with E-state index in [1.165, 1.54) is 7.11 Å². The van der Waals surface area contributed by atoms with Crippen molar-refractivity contribution in [3.63, 3.8) is 0 Å². The number of hydrogen-bond donors (Lipinski definition) is 0. The Morgan fingerprint density at radius 3 is 2.90 bits per heavy atom. The Hall–Kier alpha value is -1.55. The maximum atomic E-state index is 12.1. The summed E-state index contributed by atoms with van der Waals surface area (Å²) in [6.07, 6.45) is 1.62. The highest BCUT2D eigenvalue weighted by Crippen LogP contribution is 2.34. The molecule has 1 aromatic carbocycles. The first-order valence-electron chi connectivity index (χ1n) is 6.73. The molecule has 0 radical (unpaired) electrons. The van der Waals surface area contributed by atoms with Crippen LogP contribution in [0.5, 0.6) is 0 Å². The van der Waals surface area contributed by atoms with Gasteiger partial charge in [0.05, 0.1) is 13.2 Å². The highest BCUT2D eigenvalue weighted by Gasteiger charge is 2.40. The van der Waals surface area contributed by atoms with Gasteiger partial charge in [-0.15, -0.1) is 0 Å². The summed E-state index contributed by atoms with van der Waals surface area (Å²) < 4.78 is 4.81. The molecule has 2 rings (SSSR count). The summed E-state index contributed by atoms with van der Waals surface area (Å²) in [5.74, 6) is -0.358. The fourth-order valence-corrected chi connectivity index (χ4v) is 2.97. The Balaban J connectivity index is 2.33. The van der Waals surface area contributed by atoms with Crippen molar-refractivity contribution in [3.05, 3.63) is 34.9 Å². The van der Waals surface area contributed by atoms with Gasteiger partial charge in [-0.2, -0.15) is 0 Å². The van der Waals surface area contributed by atoms with Crippen LogP contribution in [0.2, 0.25) is 5.02 Å². The lowest BCUT2D eigenvalue weighted by molar-refractivity contribution is -0.151. The second kappa shape index (κ2) is 6.27. The van der Waals surface area contributed by atoms with Gasteiger partial charge in [-0.25, -0.2) is 4.79 Å². The standard InChI is InChI=1S/C15H18ClNO3/c1-3-12(10-5-4-6-11(16)9-10)17-13(15(19)20-2)7-8-14(17)18/h4-6,9,12-13H,3,7-8H2,1-2H3. The molecular formula is C15H18ClNO3. The second-order valence-electron chi connectivity index (χ2n) is 4.86. The predicted octanol–water partition coefficient (Wildman–Crippen LogP) is 2.96. The average molecular weight is 296 g/mol. The minimum atomic E-state index is -0.489. The third-order valence-corrected chi connectivity index (χ3v) is 3.92. The van der Waals surface area contributed by atoms with E-state index in [9.17, 15) is 9.59 Å². The van der Waals surface area contributed by atoms with E-state index >= 15 is 0 Å². The molecule has 1 aliphatic rings. The van der Waals surface area contributed by atoms with E-state index in [0.29, 0.717) is 17.9 Å². The number of benzene rings is 1. The Labute approximate surface area is 123 Å². The van der Waals surface area contributed by atoms with Crippen LogP contribution in [0.1, 0.15) is 37.8 Å². The number of nitrogens with zero attached hydrogens (tertiary/aromatic N) is 1. The van der Waals surface area contributed by atoms with Crippen molar-refractivity contribution >= 4 is 23.5 Å². The monoisotopic (exact) mass is 295 g/mol. The van der Waals surface area contributed by atoms with Crippen LogP contribution in [-0.2, 0) is 14.3 Å². The first-order chi connectivity index (χ1) is 9.58. The Bertz CT molecular complexity index is 518. The van der Waals surface area contributed by atoms with Crippen molar-refractivity contribution in [2.75, 3.05) is 7.11 Å². The molecule has 0 spiro atoms. The molecule has 0 saturated carbocycles. The molecule has 1 aliphatic heterocycles. The van der Waals surface area contributed by atoms with Gasteiger partial charge in [-0.3, -0.25) is 4.79 Å². The van der Waals surface area contributed by atoms with E-state index in [-0.39, 0.29) is 17.9 Å². The number of amides is 1. The molecule has 1 fully saturated rings. The molecule has 0 aromatic heterocycles. The smallest absolute Gasteiger partial charge is 0.328 e.